The fourth-order valence-electron chi connectivity index (χ4n) is 2.34. The molecule has 1 aromatic rings. The molecule has 0 bridgehead atoms. The first kappa shape index (κ1) is 13.8. The Morgan fingerprint density at radius 2 is 1.89 bits per heavy atom. The number of hydrogen-bond acceptors (Lipinski definition) is 2. The zero-order valence-electron chi connectivity index (χ0n) is 11.2. The van der Waals surface area contributed by atoms with Crippen LogP contribution in [0.25, 0.3) is 0 Å². The summed E-state index contributed by atoms with van der Waals surface area (Å²) in [7, 11) is 0. The highest BCUT2D eigenvalue weighted by Gasteiger charge is 2.20. The summed E-state index contributed by atoms with van der Waals surface area (Å²) in [6.07, 6.45) is 5.15. The van der Waals surface area contributed by atoms with E-state index < -0.39 is 6.10 Å². The van der Waals surface area contributed by atoms with E-state index in [0.717, 1.165) is 12.8 Å². The second-order valence-electron chi connectivity index (χ2n) is 5.06. The number of nitrogens with one attached hydrogen (secondary N) is 1. The van der Waals surface area contributed by atoms with Crippen molar-refractivity contribution in [2.45, 2.75) is 51.2 Å². The van der Waals surface area contributed by atoms with Crippen LogP contribution in [0.2, 0.25) is 0 Å². The van der Waals surface area contributed by atoms with Crippen LogP contribution in [0.15, 0.2) is 24.3 Å². The van der Waals surface area contributed by atoms with Gasteiger partial charge in [-0.1, -0.05) is 19.3 Å². The third kappa shape index (κ3) is 4.23. The van der Waals surface area contributed by atoms with Crippen LogP contribution in [-0.4, -0.2) is 18.1 Å². The number of carbonyl (C=O) groups excluding carboxylic acids is 1. The lowest BCUT2D eigenvalue weighted by molar-refractivity contribution is -0.128. The van der Waals surface area contributed by atoms with E-state index in [1.165, 1.54) is 43.5 Å². The highest BCUT2D eigenvalue weighted by atomic mass is 19.1. The lowest BCUT2D eigenvalue weighted by atomic mass is 9.95. The van der Waals surface area contributed by atoms with Crippen LogP contribution in [0.4, 0.5) is 4.39 Å². The summed E-state index contributed by atoms with van der Waals surface area (Å²) in [5.41, 5.74) is 0. The standard InChI is InChI=1S/C15H20FNO2/c1-11(19-14-9-7-12(16)8-10-14)15(18)17-13-5-3-2-4-6-13/h7-11,13H,2-6H2,1H3,(H,17,18)/t11-/m1/s1. The fourth-order valence-corrected chi connectivity index (χ4v) is 2.34. The van der Waals surface area contributed by atoms with Crippen LogP contribution < -0.4 is 10.1 Å². The maximum Gasteiger partial charge on any atom is 0.260 e. The molecule has 1 atom stereocenters. The zero-order chi connectivity index (χ0) is 13.7. The minimum Gasteiger partial charge on any atom is -0.481 e. The molecule has 0 heterocycles. The molecule has 0 saturated heterocycles. The van der Waals surface area contributed by atoms with E-state index in [2.05, 4.69) is 5.32 Å². The van der Waals surface area contributed by atoms with E-state index in [-0.39, 0.29) is 17.8 Å². The molecule has 104 valence electrons. The molecule has 0 spiro atoms. The first-order valence-corrected chi connectivity index (χ1v) is 6.88. The molecule has 2 rings (SSSR count). The van der Waals surface area contributed by atoms with Crippen molar-refractivity contribution >= 4 is 5.91 Å². The Hall–Kier alpha value is -1.58. The molecule has 1 aliphatic rings. The molecule has 1 saturated carbocycles. The molecule has 1 fully saturated rings. The van der Waals surface area contributed by atoms with Crippen LogP contribution in [0.5, 0.6) is 5.75 Å². The van der Waals surface area contributed by atoms with E-state index in [1.54, 1.807) is 6.92 Å². The fraction of sp³-hybridized carbons (Fsp3) is 0.533. The summed E-state index contributed by atoms with van der Waals surface area (Å²) in [6.45, 7) is 1.71. The maximum atomic E-state index is 12.8. The molecule has 1 aliphatic carbocycles. The van der Waals surface area contributed by atoms with Gasteiger partial charge in [-0.25, -0.2) is 4.39 Å². The third-order valence-electron chi connectivity index (χ3n) is 3.45. The Morgan fingerprint density at radius 3 is 2.53 bits per heavy atom. The third-order valence-corrected chi connectivity index (χ3v) is 3.45. The minimum absolute atomic E-state index is 0.101. The van der Waals surface area contributed by atoms with Gasteiger partial charge in [0.15, 0.2) is 6.10 Å². The summed E-state index contributed by atoms with van der Waals surface area (Å²) >= 11 is 0. The Morgan fingerprint density at radius 1 is 1.26 bits per heavy atom. The second kappa shape index (κ2) is 6.55. The van der Waals surface area contributed by atoms with Gasteiger partial charge in [0.05, 0.1) is 0 Å². The van der Waals surface area contributed by atoms with Gasteiger partial charge in [-0.05, 0) is 44.0 Å². The number of halogens is 1. The average Bonchev–Trinajstić information content (AvgIpc) is 2.42. The number of carbonyl (C=O) groups is 1. The molecule has 4 heteroatoms. The molecular formula is C15H20FNO2. The Kier molecular flexibility index (Phi) is 4.77. The van der Waals surface area contributed by atoms with Crippen molar-refractivity contribution in [1.82, 2.24) is 5.32 Å². The summed E-state index contributed by atoms with van der Waals surface area (Å²) in [5, 5.41) is 3.01. The number of rotatable bonds is 4. The number of amides is 1. The largest absolute Gasteiger partial charge is 0.481 e. The maximum absolute atomic E-state index is 12.8. The molecule has 1 amide bonds. The smallest absolute Gasteiger partial charge is 0.260 e. The minimum atomic E-state index is -0.563. The van der Waals surface area contributed by atoms with Crippen LogP contribution in [-0.2, 0) is 4.79 Å². The van der Waals surface area contributed by atoms with Gasteiger partial charge in [-0.3, -0.25) is 4.79 Å². The van der Waals surface area contributed by atoms with Crippen molar-refractivity contribution in [3.05, 3.63) is 30.1 Å². The van der Waals surface area contributed by atoms with Gasteiger partial charge in [0.1, 0.15) is 11.6 Å². The van der Waals surface area contributed by atoms with E-state index in [1.807, 2.05) is 0 Å². The Bertz CT molecular complexity index is 413. The quantitative estimate of drug-likeness (QED) is 0.908. The lowest BCUT2D eigenvalue weighted by Crippen LogP contribution is -2.43. The summed E-state index contributed by atoms with van der Waals surface area (Å²) in [4.78, 5) is 12.0. The Balaban J connectivity index is 1.83. The summed E-state index contributed by atoms with van der Waals surface area (Å²) < 4.78 is 18.3. The van der Waals surface area contributed by atoms with Crippen molar-refractivity contribution in [1.29, 1.82) is 0 Å². The normalized spacial score (nSPS) is 17.8. The molecule has 3 nitrogen and oxygen atoms in total. The predicted molar refractivity (Wildman–Crippen MR) is 71.5 cm³/mol. The van der Waals surface area contributed by atoms with Gasteiger partial charge in [-0.15, -0.1) is 0 Å². The van der Waals surface area contributed by atoms with Crippen molar-refractivity contribution in [3.8, 4) is 5.75 Å². The van der Waals surface area contributed by atoms with Crippen molar-refractivity contribution in [2.75, 3.05) is 0 Å². The van der Waals surface area contributed by atoms with Gasteiger partial charge in [-0.2, -0.15) is 0 Å². The van der Waals surface area contributed by atoms with Gasteiger partial charge in [0.2, 0.25) is 0 Å². The first-order valence-electron chi connectivity index (χ1n) is 6.88. The molecule has 1 aromatic carbocycles. The molecule has 0 radical (unpaired) electrons. The molecule has 1 N–H and O–H groups in total. The van der Waals surface area contributed by atoms with Gasteiger partial charge >= 0.3 is 0 Å². The monoisotopic (exact) mass is 265 g/mol. The van der Waals surface area contributed by atoms with E-state index in [9.17, 15) is 9.18 Å². The van der Waals surface area contributed by atoms with Gasteiger partial charge < -0.3 is 10.1 Å². The first-order chi connectivity index (χ1) is 9.15. The van der Waals surface area contributed by atoms with Crippen LogP contribution in [0.1, 0.15) is 39.0 Å². The van der Waals surface area contributed by atoms with Crippen LogP contribution in [0.3, 0.4) is 0 Å². The number of ether oxygens (including phenoxy) is 1. The van der Waals surface area contributed by atoms with Gasteiger partial charge in [0, 0.05) is 6.04 Å². The predicted octanol–water partition coefficient (Wildman–Crippen LogP) is 3.04. The van der Waals surface area contributed by atoms with Crippen molar-refractivity contribution in [2.24, 2.45) is 0 Å². The van der Waals surface area contributed by atoms with Crippen LogP contribution >= 0.6 is 0 Å². The Labute approximate surface area is 113 Å². The zero-order valence-corrected chi connectivity index (χ0v) is 11.2. The molecule has 19 heavy (non-hydrogen) atoms. The second-order valence-corrected chi connectivity index (χ2v) is 5.06. The van der Waals surface area contributed by atoms with E-state index >= 15 is 0 Å². The summed E-state index contributed by atoms with van der Waals surface area (Å²) in [5.74, 6) is 0.0931. The molecule has 0 aliphatic heterocycles. The topological polar surface area (TPSA) is 38.3 Å². The highest BCUT2D eigenvalue weighted by Crippen LogP contribution is 2.18. The van der Waals surface area contributed by atoms with E-state index in [0.29, 0.717) is 5.75 Å². The van der Waals surface area contributed by atoms with Gasteiger partial charge in [0.25, 0.3) is 5.91 Å². The lowest BCUT2D eigenvalue weighted by Gasteiger charge is -2.24. The number of hydrogen-bond donors (Lipinski definition) is 1. The van der Waals surface area contributed by atoms with Crippen molar-refractivity contribution < 1.29 is 13.9 Å². The molecule has 0 unspecified atom stereocenters. The summed E-state index contributed by atoms with van der Waals surface area (Å²) in [6, 6.07) is 5.97. The molecule has 0 aromatic heterocycles. The highest BCUT2D eigenvalue weighted by molar-refractivity contribution is 5.81. The molecular weight excluding hydrogens is 245 g/mol. The average molecular weight is 265 g/mol. The SMILES string of the molecule is C[C@@H](Oc1ccc(F)cc1)C(=O)NC1CCCCC1. The van der Waals surface area contributed by atoms with Crippen molar-refractivity contribution in [3.63, 3.8) is 0 Å². The van der Waals surface area contributed by atoms with E-state index in [4.69, 9.17) is 4.74 Å². The van der Waals surface area contributed by atoms with Crippen LogP contribution in [0, 0.1) is 5.82 Å². The number of benzene rings is 1.